The highest BCUT2D eigenvalue weighted by Crippen LogP contribution is 2.05. The van der Waals surface area contributed by atoms with Crippen LogP contribution in [0.25, 0.3) is 0 Å². The number of rotatable bonds is 11. The van der Waals surface area contributed by atoms with Crippen LogP contribution in [0.15, 0.2) is 29.3 Å². The van der Waals surface area contributed by atoms with Crippen LogP contribution in [-0.4, -0.2) is 69.6 Å². The molecule has 0 aliphatic rings. The van der Waals surface area contributed by atoms with Gasteiger partial charge in [0.05, 0.1) is 0 Å². The van der Waals surface area contributed by atoms with E-state index in [1.807, 2.05) is 55.0 Å². The van der Waals surface area contributed by atoms with Crippen molar-refractivity contribution in [1.29, 1.82) is 0 Å². The topological polar surface area (TPSA) is 68.8 Å². The van der Waals surface area contributed by atoms with Crippen LogP contribution in [0, 0.1) is 0 Å². The Morgan fingerprint density at radius 3 is 2.59 bits per heavy atom. The summed E-state index contributed by atoms with van der Waals surface area (Å²) < 4.78 is 0. The van der Waals surface area contributed by atoms with Crippen molar-refractivity contribution in [3.8, 4) is 0 Å². The van der Waals surface area contributed by atoms with Gasteiger partial charge in [-0.25, -0.2) is 0 Å². The molecule has 0 aromatic heterocycles. The quantitative estimate of drug-likeness (QED) is 0.186. The van der Waals surface area contributed by atoms with E-state index in [9.17, 15) is 4.79 Å². The summed E-state index contributed by atoms with van der Waals surface area (Å²) in [6.07, 6.45) is 4.46. The summed E-state index contributed by atoms with van der Waals surface area (Å²) in [6.45, 7) is 3.01. The molecule has 0 aliphatic heterocycles. The number of unbranched alkanes of at least 4 members (excludes halogenated alkanes) is 1. The number of halogens is 1. The van der Waals surface area contributed by atoms with Crippen LogP contribution in [0.2, 0.25) is 0 Å². The Balaban J connectivity index is 0.00000676. The SMILES string of the molecule is CN=C(NCCCCSC)NCc1cccc(C(=O)NCCN(C)C)c1.I. The number of benzene rings is 1. The minimum absolute atomic E-state index is 0. The highest BCUT2D eigenvalue weighted by atomic mass is 127. The third-order valence-corrected chi connectivity index (χ3v) is 4.48. The lowest BCUT2D eigenvalue weighted by Crippen LogP contribution is -2.37. The summed E-state index contributed by atoms with van der Waals surface area (Å²) in [5.74, 6) is 1.94. The Morgan fingerprint density at radius 1 is 1.15 bits per heavy atom. The lowest BCUT2D eigenvalue weighted by molar-refractivity contribution is 0.0951. The summed E-state index contributed by atoms with van der Waals surface area (Å²) in [6, 6.07) is 7.68. The number of thioether (sulfide) groups is 1. The van der Waals surface area contributed by atoms with E-state index >= 15 is 0 Å². The van der Waals surface area contributed by atoms with E-state index in [1.54, 1.807) is 7.05 Å². The second kappa shape index (κ2) is 16.0. The van der Waals surface area contributed by atoms with Gasteiger partial charge >= 0.3 is 0 Å². The number of nitrogens with one attached hydrogen (secondary N) is 3. The third-order valence-electron chi connectivity index (χ3n) is 3.78. The molecule has 0 saturated heterocycles. The van der Waals surface area contributed by atoms with E-state index in [0.29, 0.717) is 18.7 Å². The van der Waals surface area contributed by atoms with Gasteiger partial charge in [-0.1, -0.05) is 12.1 Å². The molecule has 1 amide bonds. The smallest absolute Gasteiger partial charge is 0.251 e. The monoisotopic (exact) mass is 507 g/mol. The maximum Gasteiger partial charge on any atom is 0.251 e. The fourth-order valence-corrected chi connectivity index (χ4v) is 2.80. The van der Waals surface area contributed by atoms with E-state index < -0.39 is 0 Å². The molecule has 8 heteroatoms. The zero-order chi connectivity index (χ0) is 19.2. The van der Waals surface area contributed by atoms with Gasteiger partial charge in [-0.05, 0) is 56.6 Å². The van der Waals surface area contributed by atoms with Crippen molar-refractivity contribution in [2.75, 3.05) is 52.8 Å². The normalized spacial score (nSPS) is 11.1. The highest BCUT2D eigenvalue weighted by Gasteiger charge is 2.06. The van der Waals surface area contributed by atoms with Crippen molar-refractivity contribution in [3.05, 3.63) is 35.4 Å². The molecule has 6 nitrogen and oxygen atoms in total. The maximum atomic E-state index is 12.2. The number of amides is 1. The maximum absolute atomic E-state index is 12.2. The molecule has 1 rings (SSSR count). The molecule has 0 radical (unpaired) electrons. The first-order valence-electron chi connectivity index (χ1n) is 9.02. The standard InChI is InChI=1S/C19H33N5OS.HI/c1-20-19(22-10-5-6-13-26-4)23-15-16-8-7-9-17(14-16)18(25)21-11-12-24(2)3;/h7-9,14H,5-6,10-13,15H2,1-4H3,(H,21,25)(H2,20,22,23);1H. The molecule has 1 aromatic rings. The minimum atomic E-state index is -0.0370. The van der Waals surface area contributed by atoms with Crippen LogP contribution in [0.4, 0.5) is 0 Å². The number of aliphatic imine (C=N–C) groups is 1. The first-order chi connectivity index (χ1) is 12.6. The second-order valence-corrected chi connectivity index (χ2v) is 7.30. The second-order valence-electron chi connectivity index (χ2n) is 6.31. The molecule has 154 valence electrons. The summed E-state index contributed by atoms with van der Waals surface area (Å²) in [5, 5.41) is 9.56. The Bertz CT molecular complexity index is 569. The van der Waals surface area contributed by atoms with E-state index in [0.717, 1.165) is 31.0 Å². The van der Waals surface area contributed by atoms with Gasteiger partial charge in [0.15, 0.2) is 5.96 Å². The number of hydrogen-bond donors (Lipinski definition) is 3. The summed E-state index contributed by atoms with van der Waals surface area (Å²) in [7, 11) is 5.75. The molecule has 0 bridgehead atoms. The van der Waals surface area contributed by atoms with Crippen LogP contribution in [0.1, 0.15) is 28.8 Å². The molecular weight excluding hydrogens is 473 g/mol. The predicted octanol–water partition coefficient (Wildman–Crippen LogP) is 2.40. The highest BCUT2D eigenvalue weighted by molar-refractivity contribution is 14.0. The van der Waals surface area contributed by atoms with E-state index in [2.05, 4.69) is 27.2 Å². The molecule has 0 atom stereocenters. The first-order valence-corrected chi connectivity index (χ1v) is 10.4. The van der Waals surface area contributed by atoms with Crippen molar-refractivity contribution >= 4 is 47.6 Å². The van der Waals surface area contributed by atoms with Crippen LogP contribution < -0.4 is 16.0 Å². The Kier molecular flexibility index (Phi) is 15.4. The minimum Gasteiger partial charge on any atom is -0.356 e. The van der Waals surface area contributed by atoms with Crippen molar-refractivity contribution in [1.82, 2.24) is 20.9 Å². The van der Waals surface area contributed by atoms with Gasteiger partial charge in [0, 0.05) is 38.8 Å². The van der Waals surface area contributed by atoms with E-state index in [-0.39, 0.29) is 29.9 Å². The molecule has 27 heavy (non-hydrogen) atoms. The van der Waals surface area contributed by atoms with Gasteiger partial charge < -0.3 is 20.9 Å². The third kappa shape index (κ3) is 12.1. The zero-order valence-electron chi connectivity index (χ0n) is 16.9. The fourth-order valence-electron chi connectivity index (χ4n) is 2.30. The van der Waals surface area contributed by atoms with Crippen molar-refractivity contribution in [3.63, 3.8) is 0 Å². The van der Waals surface area contributed by atoms with Gasteiger partial charge in [0.1, 0.15) is 0 Å². The summed E-state index contributed by atoms with van der Waals surface area (Å²) >= 11 is 1.87. The Morgan fingerprint density at radius 2 is 1.93 bits per heavy atom. The molecule has 0 fully saturated rings. The van der Waals surface area contributed by atoms with Crippen LogP contribution in [0.5, 0.6) is 0 Å². The molecule has 0 spiro atoms. The molecule has 3 N–H and O–H groups in total. The zero-order valence-corrected chi connectivity index (χ0v) is 20.0. The summed E-state index contributed by atoms with van der Waals surface area (Å²) in [5.41, 5.74) is 1.73. The molecule has 0 unspecified atom stereocenters. The summed E-state index contributed by atoms with van der Waals surface area (Å²) in [4.78, 5) is 18.5. The van der Waals surface area contributed by atoms with Gasteiger partial charge in [-0.3, -0.25) is 9.79 Å². The molecular formula is C19H34IN5OS. The molecule has 0 saturated carbocycles. The average molecular weight is 507 g/mol. The largest absolute Gasteiger partial charge is 0.356 e. The van der Waals surface area contributed by atoms with Crippen LogP contribution in [0.3, 0.4) is 0 Å². The lowest BCUT2D eigenvalue weighted by atomic mass is 10.1. The van der Waals surface area contributed by atoms with Gasteiger partial charge in [-0.2, -0.15) is 11.8 Å². The molecule has 0 heterocycles. The van der Waals surface area contributed by atoms with E-state index in [1.165, 1.54) is 12.2 Å². The molecule has 1 aromatic carbocycles. The number of nitrogens with zero attached hydrogens (tertiary/aromatic N) is 2. The Hall–Kier alpha value is -1.00. The predicted molar refractivity (Wildman–Crippen MR) is 129 cm³/mol. The fraction of sp³-hybridized carbons (Fsp3) is 0.579. The average Bonchev–Trinajstić information content (AvgIpc) is 2.64. The number of guanidine groups is 1. The number of hydrogen-bond acceptors (Lipinski definition) is 4. The van der Waals surface area contributed by atoms with Crippen molar-refractivity contribution < 1.29 is 4.79 Å². The van der Waals surface area contributed by atoms with E-state index in [4.69, 9.17) is 0 Å². The first kappa shape index (κ1) is 26.0. The van der Waals surface area contributed by atoms with Gasteiger partial charge in [-0.15, -0.1) is 24.0 Å². The van der Waals surface area contributed by atoms with Crippen molar-refractivity contribution in [2.45, 2.75) is 19.4 Å². The number of carbonyl (C=O) groups is 1. The van der Waals surface area contributed by atoms with Crippen molar-refractivity contribution in [2.24, 2.45) is 4.99 Å². The number of carbonyl (C=O) groups excluding carboxylic acids is 1. The van der Waals surface area contributed by atoms with Crippen LogP contribution in [-0.2, 0) is 6.54 Å². The van der Waals surface area contributed by atoms with Crippen LogP contribution >= 0.6 is 35.7 Å². The molecule has 0 aliphatic carbocycles. The van der Waals surface area contributed by atoms with Gasteiger partial charge in [0.25, 0.3) is 5.91 Å². The Labute approximate surface area is 185 Å². The van der Waals surface area contributed by atoms with Gasteiger partial charge in [0.2, 0.25) is 0 Å². The lowest BCUT2D eigenvalue weighted by Gasteiger charge is -2.13. The number of likely N-dealkylation sites (N-methyl/N-ethyl adjacent to an activating group) is 1.